The first-order valence-corrected chi connectivity index (χ1v) is 5.77. The minimum absolute atomic E-state index is 0.0499. The van der Waals surface area contributed by atoms with Crippen molar-refractivity contribution < 1.29 is 14.6 Å². The van der Waals surface area contributed by atoms with Crippen molar-refractivity contribution in [2.45, 2.75) is 12.8 Å². The minimum atomic E-state index is -1.02. The normalized spacial score (nSPS) is 14.6. The van der Waals surface area contributed by atoms with Crippen LogP contribution in [0.2, 0.25) is 0 Å². The Kier molecular flexibility index (Phi) is 3.93. The van der Waals surface area contributed by atoms with E-state index in [2.05, 4.69) is 10.3 Å². The molecule has 5 heteroatoms. The lowest BCUT2D eigenvalue weighted by Crippen LogP contribution is -2.12. The Hall–Kier alpha value is -1.62. The van der Waals surface area contributed by atoms with Crippen molar-refractivity contribution in [3.63, 3.8) is 0 Å². The Morgan fingerprint density at radius 3 is 3.06 bits per heavy atom. The molecule has 0 spiro atoms. The molecule has 1 aromatic rings. The summed E-state index contributed by atoms with van der Waals surface area (Å²) in [5.74, 6) is 0.321. The van der Waals surface area contributed by atoms with Gasteiger partial charge in [-0.25, -0.2) is 9.78 Å². The molecule has 0 bridgehead atoms. The van der Waals surface area contributed by atoms with Crippen LogP contribution < -0.4 is 5.32 Å². The van der Waals surface area contributed by atoms with Crippen molar-refractivity contribution in [1.29, 1.82) is 0 Å². The number of ether oxygens (including phenoxy) is 1. The minimum Gasteiger partial charge on any atom is -0.477 e. The van der Waals surface area contributed by atoms with E-state index in [1.54, 1.807) is 12.1 Å². The van der Waals surface area contributed by atoms with E-state index < -0.39 is 5.97 Å². The Morgan fingerprint density at radius 2 is 2.35 bits per heavy atom. The summed E-state index contributed by atoms with van der Waals surface area (Å²) in [5, 5.41) is 11.8. The first-order chi connectivity index (χ1) is 8.25. The average Bonchev–Trinajstić information content (AvgIpc) is 3.13. The second-order valence-corrected chi connectivity index (χ2v) is 4.16. The lowest BCUT2D eigenvalue weighted by Gasteiger charge is -2.06. The number of aromatic carboxylic acids is 1. The maximum atomic E-state index is 10.7. The van der Waals surface area contributed by atoms with Crippen molar-refractivity contribution in [3.05, 3.63) is 23.9 Å². The molecule has 0 radical (unpaired) electrons. The first kappa shape index (κ1) is 11.9. The molecular formula is C12H16N2O3. The number of rotatable bonds is 7. The molecule has 17 heavy (non-hydrogen) atoms. The Labute approximate surface area is 99.8 Å². The van der Waals surface area contributed by atoms with Crippen LogP contribution in [0.4, 0.5) is 5.82 Å². The van der Waals surface area contributed by atoms with E-state index in [9.17, 15) is 4.79 Å². The summed E-state index contributed by atoms with van der Waals surface area (Å²) in [6.07, 6.45) is 2.57. The zero-order chi connectivity index (χ0) is 12.1. The van der Waals surface area contributed by atoms with Gasteiger partial charge < -0.3 is 15.2 Å². The topological polar surface area (TPSA) is 71.5 Å². The third-order valence-electron chi connectivity index (χ3n) is 2.57. The molecule has 0 aromatic carbocycles. The summed E-state index contributed by atoms with van der Waals surface area (Å²) in [6.45, 7) is 2.10. The van der Waals surface area contributed by atoms with Crippen molar-refractivity contribution >= 4 is 11.8 Å². The van der Waals surface area contributed by atoms with E-state index in [0.717, 1.165) is 12.5 Å². The van der Waals surface area contributed by atoms with Crippen LogP contribution in [-0.2, 0) is 4.74 Å². The quantitative estimate of drug-likeness (QED) is 0.704. The number of nitrogens with one attached hydrogen (secondary N) is 1. The number of nitrogens with zero attached hydrogens (tertiary/aromatic N) is 1. The zero-order valence-corrected chi connectivity index (χ0v) is 9.56. The third-order valence-corrected chi connectivity index (χ3v) is 2.57. The van der Waals surface area contributed by atoms with Crippen LogP contribution in [-0.4, -0.2) is 35.8 Å². The number of carboxylic acids is 1. The van der Waals surface area contributed by atoms with Crippen LogP contribution in [0.25, 0.3) is 0 Å². The summed E-state index contributed by atoms with van der Waals surface area (Å²) in [5.41, 5.74) is 0.0499. The van der Waals surface area contributed by atoms with Gasteiger partial charge in [0.1, 0.15) is 5.82 Å². The standard InChI is InChI=1S/C12H16N2O3/c15-12(16)10-2-1-3-11(14-10)13-6-7-17-8-9-4-5-9/h1-3,9H,4-8H2,(H,13,14)(H,15,16). The Morgan fingerprint density at radius 1 is 1.53 bits per heavy atom. The monoisotopic (exact) mass is 236 g/mol. The van der Waals surface area contributed by atoms with Gasteiger partial charge >= 0.3 is 5.97 Å². The molecule has 92 valence electrons. The third kappa shape index (κ3) is 4.03. The molecule has 1 heterocycles. The number of hydrogen-bond donors (Lipinski definition) is 2. The maximum Gasteiger partial charge on any atom is 0.354 e. The van der Waals surface area contributed by atoms with E-state index >= 15 is 0 Å². The van der Waals surface area contributed by atoms with Gasteiger partial charge in [-0.1, -0.05) is 6.07 Å². The highest BCUT2D eigenvalue weighted by atomic mass is 16.5. The van der Waals surface area contributed by atoms with Gasteiger partial charge in [-0.2, -0.15) is 0 Å². The van der Waals surface area contributed by atoms with Crippen molar-refractivity contribution in [1.82, 2.24) is 4.98 Å². The summed E-state index contributed by atoms with van der Waals surface area (Å²) in [4.78, 5) is 14.6. The SMILES string of the molecule is O=C(O)c1cccc(NCCOCC2CC2)n1. The number of anilines is 1. The van der Waals surface area contributed by atoms with Crippen LogP contribution >= 0.6 is 0 Å². The lowest BCUT2D eigenvalue weighted by molar-refractivity contribution is 0.0690. The molecule has 0 aliphatic heterocycles. The van der Waals surface area contributed by atoms with Crippen LogP contribution in [0.3, 0.4) is 0 Å². The fourth-order valence-corrected chi connectivity index (χ4v) is 1.44. The Balaban J connectivity index is 1.70. The van der Waals surface area contributed by atoms with Crippen LogP contribution in [0, 0.1) is 5.92 Å². The van der Waals surface area contributed by atoms with Crippen molar-refractivity contribution in [2.75, 3.05) is 25.1 Å². The van der Waals surface area contributed by atoms with Gasteiger partial charge in [0.25, 0.3) is 0 Å². The predicted octanol–water partition coefficient (Wildman–Crippen LogP) is 1.62. The molecule has 0 atom stereocenters. The number of pyridine rings is 1. The van der Waals surface area contributed by atoms with Crippen LogP contribution in [0.1, 0.15) is 23.3 Å². The van der Waals surface area contributed by atoms with Gasteiger partial charge in [-0.15, -0.1) is 0 Å². The maximum absolute atomic E-state index is 10.7. The van der Waals surface area contributed by atoms with Gasteiger partial charge in [0, 0.05) is 13.2 Å². The molecular weight excluding hydrogens is 220 g/mol. The lowest BCUT2D eigenvalue weighted by atomic mass is 10.3. The molecule has 0 amide bonds. The fraction of sp³-hybridized carbons (Fsp3) is 0.500. The van der Waals surface area contributed by atoms with E-state index in [0.29, 0.717) is 19.0 Å². The zero-order valence-electron chi connectivity index (χ0n) is 9.56. The molecule has 5 nitrogen and oxygen atoms in total. The highest BCUT2D eigenvalue weighted by molar-refractivity contribution is 5.85. The largest absolute Gasteiger partial charge is 0.477 e. The number of aromatic nitrogens is 1. The molecule has 0 saturated heterocycles. The van der Waals surface area contributed by atoms with Crippen LogP contribution in [0.5, 0.6) is 0 Å². The van der Waals surface area contributed by atoms with Gasteiger partial charge in [-0.3, -0.25) is 0 Å². The molecule has 2 N–H and O–H groups in total. The first-order valence-electron chi connectivity index (χ1n) is 5.77. The van der Waals surface area contributed by atoms with Crippen molar-refractivity contribution in [3.8, 4) is 0 Å². The number of carbonyl (C=O) groups is 1. The van der Waals surface area contributed by atoms with E-state index in [4.69, 9.17) is 9.84 Å². The van der Waals surface area contributed by atoms with Crippen LogP contribution in [0.15, 0.2) is 18.2 Å². The molecule has 2 rings (SSSR count). The number of carboxylic acid groups (broad SMARTS) is 1. The average molecular weight is 236 g/mol. The van der Waals surface area contributed by atoms with E-state index in [-0.39, 0.29) is 5.69 Å². The fourth-order valence-electron chi connectivity index (χ4n) is 1.44. The molecule has 1 aliphatic rings. The summed E-state index contributed by atoms with van der Waals surface area (Å²) in [7, 11) is 0. The summed E-state index contributed by atoms with van der Waals surface area (Å²) in [6, 6.07) is 4.88. The Bertz CT molecular complexity index is 391. The molecule has 1 aliphatic carbocycles. The summed E-state index contributed by atoms with van der Waals surface area (Å²) < 4.78 is 5.45. The second kappa shape index (κ2) is 5.63. The number of hydrogen-bond acceptors (Lipinski definition) is 4. The van der Waals surface area contributed by atoms with E-state index in [1.807, 2.05) is 0 Å². The van der Waals surface area contributed by atoms with Gasteiger partial charge in [-0.05, 0) is 30.9 Å². The predicted molar refractivity (Wildman–Crippen MR) is 63.2 cm³/mol. The molecule has 1 fully saturated rings. The van der Waals surface area contributed by atoms with E-state index in [1.165, 1.54) is 18.9 Å². The smallest absolute Gasteiger partial charge is 0.354 e. The second-order valence-electron chi connectivity index (χ2n) is 4.16. The van der Waals surface area contributed by atoms with Crippen molar-refractivity contribution in [2.24, 2.45) is 5.92 Å². The van der Waals surface area contributed by atoms with Gasteiger partial charge in [0.15, 0.2) is 5.69 Å². The highest BCUT2D eigenvalue weighted by Crippen LogP contribution is 2.28. The molecule has 0 unspecified atom stereocenters. The van der Waals surface area contributed by atoms with Gasteiger partial charge in [0.05, 0.1) is 6.61 Å². The molecule has 1 aromatic heterocycles. The highest BCUT2D eigenvalue weighted by Gasteiger charge is 2.20. The summed E-state index contributed by atoms with van der Waals surface area (Å²) >= 11 is 0. The van der Waals surface area contributed by atoms with Gasteiger partial charge in [0.2, 0.25) is 0 Å². The molecule has 1 saturated carbocycles.